The van der Waals surface area contributed by atoms with Gasteiger partial charge in [-0.15, -0.1) is 0 Å². The van der Waals surface area contributed by atoms with Gasteiger partial charge in [0.1, 0.15) is 13.1 Å². The van der Waals surface area contributed by atoms with Crippen molar-refractivity contribution in [3.63, 3.8) is 0 Å². The summed E-state index contributed by atoms with van der Waals surface area (Å²) in [5.74, 6) is 0. The molecule has 1 rings (SSSR count). The van der Waals surface area contributed by atoms with Crippen molar-refractivity contribution < 1.29 is 23.8 Å². The van der Waals surface area contributed by atoms with Crippen molar-refractivity contribution in [1.29, 1.82) is 0 Å². The van der Waals surface area contributed by atoms with E-state index in [0.717, 1.165) is 0 Å². The number of hydrogen-bond donors (Lipinski definition) is 3. The smallest absolute Gasteiger partial charge is 0.328 e. The van der Waals surface area contributed by atoms with Crippen molar-refractivity contribution in [3.05, 3.63) is 44.8 Å². The number of aromatic amines is 1. The number of aromatic nitrogens is 2. The van der Waals surface area contributed by atoms with E-state index in [-0.39, 0.29) is 26.1 Å². The van der Waals surface area contributed by atoms with Gasteiger partial charge < -0.3 is 30.0 Å². The fourth-order valence-corrected chi connectivity index (χ4v) is 1.64. The number of nitrogens with one attached hydrogen (secondary N) is 1. The largest absolute Gasteiger partial charge is 0.777 e. The molecule has 1 aromatic heterocycles. The van der Waals surface area contributed by atoms with Gasteiger partial charge >= 0.3 is 5.69 Å². The fourth-order valence-electron chi connectivity index (χ4n) is 1.34. The molecule has 0 aliphatic rings. The SMILES string of the molecule is Cc1cn(C/C=C\COCOCP(=O)([O-])O)c(=O)[nH]c1=O.[NH4+]. The van der Waals surface area contributed by atoms with E-state index in [1.54, 1.807) is 19.1 Å². The molecule has 0 spiro atoms. The van der Waals surface area contributed by atoms with Crippen molar-refractivity contribution in [2.45, 2.75) is 13.5 Å². The van der Waals surface area contributed by atoms with Crippen LogP contribution >= 0.6 is 7.60 Å². The van der Waals surface area contributed by atoms with Gasteiger partial charge in [-0.05, 0) is 6.92 Å². The molecule has 6 N–H and O–H groups in total. The fraction of sp³-hybridized carbons (Fsp3) is 0.455. The van der Waals surface area contributed by atoms with Crippen molar-refractivity contribution in [2.75, 3.05) is 19.7 Å². The molecule has 0 bridgehead atoms. The molecule has 0 radical (unpaired) electrons. The molecule has 1 aromatic rings. The zero-order valence-electron chi connectivity index (χ0n) is 12.4. The number of H-pyrrole nitrogens is 1. The number of hydrogen-bond acceptors (Lipinski definition) is 6. The number of aryl methyl sites for hydroxylation is 1. The second-order valence-corrected chi connectivity index (χ2v) is 5.69. The lowest BCUT2D eigenvalue weighted by atomic mass is 10.4. The van der Waals surface area contributed by atoms with E-state index in [2.05, 4.69) is 9.72 Å². The van der Waals surface area contributed by atoms with Gasteiger partial charge in [0.25, 0.3) is 5.56 Å². The first kappa shape index (κ1) is 20.5. The summed E-state index contributed by atoms with van der Waals surface area (Å²) in [6.45, 7) is 1.71. The molecule has 0 saturated heterocycles. The van der Waals surface area contributed by atoms with Crippen LogP contribution in [0.1, 0.15) is 5.56 Å². The molecule has 126 valence electrons. The lowest BCUT2D eigenvalue weighted by Crippen LogP contribution is -2.30. The Morgan fingerprint density at radius 1 is 1.41 bits per heavy atom. The molecule has 0 aliphatic carbocycles. The maximum atomic E-state index is 11.4. The molecule has 0 aromatic carbocycles. The summed E-state index contributed by atoms with van der Waals surface area (Å²) in [6, 6.07) is 0. The summed E-state index contributed by atoms with van der Waals surface area (Å²) in [5.41, 5.74) is -0.493. The Kier molecular flexibility index (Phi) is 8.80. The second kappa shape index (κ2) is 9.46. The Hall–Kier alpha value is -1.55. The van der Waals surface area contributed by atoms with Crippen molar-refractivity contribution in [1.82, 2.24) is 15.7 Å². The summed E-state index contributed by atoms with van der Waals surface area (Å²) >= 11 is 0. The zero-order valence-corrected chi connectivity index (χ0v) is 13.2. The number of quaternary nitrogens is 1. The molecule has 10 nitrogen and oxygen atoms in total. The minimum atomic E-state index is -4.42. The Bertz CT molecular complexity index is 646. The predicted molar refractivity (Wildman–Crippen MR) is 77.8 cm³/mol. The number of nitrogens with zero attached hydrogens (tertiary/aromatic N) is 1. The third-order valence-electron chi connectivity index (χ3n) is 2.29. The van der Waals surface area contributed by atoms with Crippen LogP contribution in [0.25, 0.3) is 0 Å². The Balaban J connectivity index is 0.00000441. The molecule has 0 fully saturated rings. The molecule has 0 saturated carbocycles. The number of ether oxygens (including phenoxy) is 2. The molecule has 22 heavy (non-hydrogen) atoms. The summed E-state index contributed by atoms with van der Waals surface area (Å²) in [4.78, 5) is 43.5. The monoisotopic (exact) mass is 337 g/mol. The zero-order chi connectivity index (χ0) is 15.9. The maximum Gasteiger partial charge on any atom is 0.328 e. The van der Waals surface area contributed by atoms with Gasteiger partial charge in [-0.1, -0.05) is 12.2 Å². The van der Waals surface area contributed by atoms with Gasteiger partial charge in [-0.25, -0.2) is 4.79 Å². The third-order valence-corrected chi connectivity index (χ3v) is 2.80. The lowest BCUT2D eigenvalue weighted by molar-refractivity contribution is -0.201. The van der Waals surface area contributed by atoms with Gasteiger partial charge in [0, 0.05) is 18.3 Å². The molecule has 1 heterocycles. The van der Waals surface area contributed by atoms with Gasteiger partial charge in [-0.3, -0.25) is 14.3 Å². The van der Waals surface area contributed by atoms with Crippen molar-refractivity contribution in [3.8, 4) is 0 Å². The first-order chi connectivity index (χ1) is 9.79. The Morgan fingerprint density at radius 2 is 2.09 bits per heavy atom. The second-order valence-electron chi connectivity index (χ2n) is 4.15. The Morgan fingerprint density at radius 3 is 2.73 bits per heavy atom. The standard InChI is InChI=1S/C11H17N2O7P.H3N/c1-9-6-13(11(15)12-10(9)14)4-2-3-5-19-7-20-8-21(16,17)18;/h2-3,6H,4-5,7-8H2,1H3,(H,12,14,15)(H2,16,17,18);1H3/b3-2-;. The first-order valence-electron chi connectivity index (χ1n) is 5.93. The highest BCUT2D eigenvalue weighted by atomic mass is 31.2. The van der Waals surface area contributed by atoms with Gasteiger partial charge in [0.2, 0.25) is 0 Å². The van der Waals surface area contributed by atoms with E-state index in [1.807, 2.05) is 0 Å². The van der Waals surface area contributed by atoms with E-state index in [0.29, 0.717) is 5.56 Å². The van der Waals surface area contributed by atoms with Crippen molar-refractivity contribution in [2.24, 2.45) is 0 Å². The quantitative estimate of drug-likeness (QED) is 0.243. The molecule has 11 heteroatoms. The lowest BCUT2D eigenvalue weighted by Gasteiger charge is -2.14. The van der Waals surface area contributed by atoms with Gasteiger partial charge in [0.05, 0.1) is 6.61 Å². The normalized spacial score (nSPS) is 13.8. The van der Waals surface area contributed by atoms with Crippen LogP contribution in [0.15, 0.2) is 27.9 Å². The van der Waals surface area contributed by atoms with E-state index in [1.165, 1.54) is 10.8 Å². The number of rotatable bonds is 8. The molecular formula is C11H20N3O7P. The molecule has 0 aliphatic heterocycles. The molecule has 1 atom stereocenters. The van der Waals surface area contributed by atoms with Crippen LogP contribution in [0.4, 0.5) is 0 Å². The molecular weight excluding hydrogens is 317 g/mol. The number of allylic oxidation sites excluding steroid dienone is 1. The van der Waals surface area contributed by atoms with Crippen LogP contribution in [0, 0.1) is 6.92 Å². The van der Waals surface area contributed by atoms with Crippen LogP contribution < -0.4 is 22.3 Å². The van der Waals surface area contributed by atoms with Crippen LogP contribution in [0.2, 0.25) is 0 Å². The highest BCUT2D eigenvalue weighted by Crippen LogP contribution is 2.27. The van der Waals surface area contributed by atoms with Crippen LogP contribution in [0.5, 0.6) is 0 Å². The van der Waals surface area contributed by atoms with E-state index in [9.17, 15) is 19.0 Å². The Labute approximate surface area is 126 Å². The van der Waals surface area contributed by atoms with Crippen LogP contribution in [0.3, 0.4) is 0 Å². The maximum absolute atomic E-state index is 11.4. The summed E-state index contributed by atoms with van der Waals surface area (Å²) in [6.07, 6.45) is 3.89. The molecule has 1 unspecified atom stereocenters. The highest BCUT2D eigenvalue weighted by molar-refractivity contribution is 7.50. The average Bonchev–Trinajstić information content (AvgIpc) is 2.37. The third kappa shape index (κ3) is 8.03. The van der Waals surface area contributed by atoms with Crippen LogP contribution in [-0.4, -0.2) is 34.2 Å². The van der Waals surface area contributed by atoms with Crippen LogP contribution in [-0.2, 0) is 20.6 Å². The molecule has 0 amide bonds. The van der Waals surface area contributed by atoms with E-state index < -0.39 is 25.2 Å². The predicted octanol–water partition coefficient (Wildman–Crippen LogP) is -0.729. The van der Waals surface area contributed by atoms with Crippen molar-refractivity contribution >= 4 is 7.60 Å². The topological polar surface area (TPSA) is 170 Å². The van der Waals surface area contributed by atoms with E-state index >= 15 is 0 Å². The summed E-state index contributed by atoms with van der Waals surface area (Å²) < 4.78 is 21.1. The average molecular weight is 337 g/mol. The first-order valence-corrected chi connectivity index (χ1v) is 7.69. The summed E-state index contributed by atoms with van der Waals surface area (Å²) in [7, 11) is -4.42. The van der Waals surface area contributed by atoms with E-state index in [4.69, 9.17) is 9.63 Å². The summed E-state index contributed by atoms with van der Waals surface area (Å²) in [5, 5.41) is 0. The van der Waals surface area contributed by atoms with Gasteiger partial charge in [-0.2, -0.15) is 0 Å². The van der Waals surface area contributed by atoms with Gasteiger partial charge in [0.15, 0.2) is 7.60 Å². The highest BCUT2D eigenvalue weighted by Gasteiger charge is 2.00. The minimum Gasteiger partial charge on any atom is -0.777 e. The minimum absolute atomic E-state index is 0.